The van der Waals surface area contributed by atoms with Gasteiger partial charge in [0.1, 0.15) is 11.1 Å². The van der Waals surface area contributed by atoms with E-state index in [0.29, 0.717) is 11.1 Å². The summed E-state index contributed by atoms with van der Waals surface area (Å²) in [6.45, 7) is 0. The molecule has 4 aromatic heterocycles. The number of fused-ring (bicyclic) bond motifs is 10. The number of pyridine rings is 1. The van der Waals surface area contributed by atoms with Gasteiger partial charge >= 0.3 is 0 Å². The predicted octanol–water partition coefficient (Wildman–Crippen LogP) is 10.6. The van der Waals surface area contributed by atoms with Crippen LogP contribution in [0.15, 0.2) is 144 Å². The third kappa shape index (κ3) is 3.77. The molecular formula is C43H23N5O. The molecule has 0 unspecified atom stereocenters. The Hall–Kier alpha value is -7.15. The average molecular weight is 626 g/mol. The Morgan fingerprint density at radius 3 is 1.76 bits per heavy atom. The normalized spacial score (nSPS) is 11.6. The van der Waals surface area contributed by atoms with Crippen molar-refractivity contribution in [2.24, 2.45) is 0 Å². The highest BCUT2D eigenvalue weighted by atomic mass is 16.3. The maximum atomic E-state index is 9.73. The van der Waals surface area contributed by atoms with Crippen LogP contribution < -0.4 is 0 Å². The molecule has 10 aromatic rings. The zero-order valence-electron chi connectivity index (χ0n) is 25.9. The number of rotatable bonds is 3. The molecule has 6 heteroatoms. The lowest BCUT2D eigenvalue weighted by Gasteiger charge is -2.18. The smallest absolute Gasteiger partial charge is 0.153 e. The highest BCUT2D eigenvalue weighted by Gasteiger charge is 2.22. The molecule has 0 atom stereocenters. The number of benzene rings is 6. The minimum absolute atomic E-state index is 0.577. The van der Waals surface area contributed by atoms with E-state index in [1.165, 1.54) is 0 Å². The van der Waals surface area contributed by atoms with Crippen LogP contribution in [0.5, 0.6) is 0 Å². The third-order valence-corrected chi connectivity index (χ3v) is 9.63. The average Bonchev–Trinajstić information content (AvgIpc) is 3.81. The number of hydrogen-bond acceptors (Lipinski definition) is 4. The minimum Gasteiger partial charge on any atom is -0.454 e. The number of para-hydroxylation sites is 3. The van der Waals surface area contributed by atoms with Gasteiger partial charge in [0.25, 0.3) is 0 Å². The summed E-state index contributed by atoms with van der Waals surface area (Å²) in [5, 5.41) is 24.5. The Kier molecular flexibility index (Phi) is 5.61. The van der Waals surface area contributed by atoms with Crippen molar-refractivity contribution >= 4 is 65.7 Å². The van der Waals surface area contributed by atoms with Gasteiger partial charge in [-0.1, -0.05) is 54.6 Å². The van der Waals surface area contributed by atoms with Crippen LogP contribution in [0.2, 0.25) is 0 Å². The van der Waals surface area contributed by atoms with Crippen LogP contribution in [0.3, 0.4) is 0 Å². The summed E-state index contributed by atoms with van der Waals surface area (Å²) in [6, 6.07) is 49.7. The summed E-state index contributed by atoms with van der Waals surface area (Å²) in [5.74, 6) is 0. The van der Waals surface area contributed by atoms with E-state index in [-0.39, 0.29) is 0 Å². The highest BCUT2D eigenvalue weighted by Crippen LogP contribution is 2.43. The SMILES string of the molecule is N#Cc1ccc2c(c1)c1cc(C#N)ccc1n2-c1ccccc1-c1ccccc1-n1c2ccccc2c2c3oc4cccnc4c3ccc21. The first kappa shape index (κ1) is 27.0. The molecule has 10 rings (SSSR count). The first-order chi connectivity index (χ1) is 24.2. The molecule has 0 aliphatic rings. The third-order valence-electron chi connectivity index (χ3n) is 9.63. The van der Waals surface area contributed by atoms with Gasteiger partial charge in [-0.25, -0.2) is 0 Å². The molecule has 6 aromatic carbocycles. The molecule has 0 saturated heterocycles. The van der Waals surface area contributed by atoms with Crippen LogP contribution in [0.25, 0.3) is 88.2 Å². The van der Waals surface area contributed by atoms with Crippen molar-refractivity contribution in [2.75, 3.05) is 0 Å². The summed E-state index contributed by atoms with van der Waals surface area (Å²) in [4.78, 5) is 4.64. The molecule has 49 heavy (non-hydrogen) atoms. The van der Waals surface area contributed by atoms with Gasteiger partial charge in [0, 0.05) is 38.9 Å². The summed E-state index contributed by atoms with van der Waals surface area (Å²) < 4.78 is 11.1. The highest BCUT2D eigenvalue weighted by molar-refractivity contribution is 6.23. The summed E-state index contributed by atoms with van der Waals surface area (Å²) >= 11 is 0. The number of nitriles is 2. The second-order valence-corrected chi connectivity index (χ2v) is 12.2. The predicted molar refractivity (Wildman–Crippen MR) is 195 cm³/mol. The van der Waals surface area contributed by atoms with E-state index < -0.39 is 0 Å². The molecule has 6 nitrogen and oxygen atoms in total. The van der Waals surface area contributed by atoms with Gasteiger partial charge in [-0.15, -0.1) is 0 Å². The van der Waals surface area contributed by atoms with E-state index in [9.17, 15) is 10.5 Å². The molecule has 0 aliphatic carbocycles. The maximum Gasteiger partial charge on any atom is 0.153 e. The molecule has 0 radical (unpaired) electrons. The van der Waals surface area contributed by atoms with Crippen molar-refractivity contribution in [3.63, 3.8) is 0 Å². The van der Waals surface area contributed by atoms with E-state index in [1.54, 1.807) is 6.20 Å². The standard InChI is InChI=1S/C43H23N5O/c44-24-26-15-18-37-32(22-26)33-23-27(25-45)16-19-38(33)47(37)34-11-4-1-8-28(34)29-9-2-5-12-35(29)48-36-13-6-3-10-30(36)41-39(48)20-17-31-42-40(49-43(31)41)14-7-21-46-42/h1-23H. The first-order valence-corrected chi connectivity index (χ1v) is 16.0. The lowest BCUT2D eigenvalue weighted by Crippen LogP contribution is -2.01. The summed E-state index contributed by atoms with van der Waals surface area (Å²) in [7, 11) is 0. The van der Waals surface area contributed by atoms with Crippen LogP contribution >= 0.6 is 0 Å². The van der Waals surface area contributed by atoms with Gasteiger partial charge in [0.2, 0.25) is 0 Å². The minimum atomic E-state index is 0.577. The van der Waals surface area contributed by atoms with Crippen LogP contribution in [0.4, 0.5) is 0 Å². The molecule has 4 heterocycles. The van der Waals surface area contributed by atoms with Gasteiger partial charge < -0.3 is 13.6 Å². The molecule has 0 bridgehead atoms. The molecule has 0 saturated carbocycles. The Balaban J connectivity index is 1.28. The zero-order valence-corrected chi connectivity index (χ0v) is 25.9. The monoisotopic (exact) mass is 625 g/mol. The van der Waals surface area contributed by atoms with E-state index >= 15 is 0 Å². The van der Waals surface area contributed by atoms with Gasteiger partial charge in [-0.3, -0.25) is 4.98 Å². The Labute approximate surface area is 279 Å². The molecule has 0 N–H and O–H groups in total. The lowest BCUT2D eigenvalue weighted by molar-refractivity contribution is 0.672. The van der Waals surface area contributed by atoms with Crippen molar-refractivity contribution in [3.05, 3.63) is 151 Å². The second-order valence-electron chi connectivity index (χ2n) is 12.2. The molecule has 0 spiro atoms. The zero-order chi connectivity index (χ0) is 32.6. The quantitative estimate of drug-likeness (QED) is 0.196. The second kappa shape index (κ2) is 10.2. The van der Waals surface area contributed by atoms with E-state index in [0.717, 1.165) is 88.2 Å². The van der Waals surface area contributed by atoms with Crippen molar-refractivity contribution in [1.82, 2.24) is 14.1 Å². The molecule has 0 amide bonds. The fourth-order valence-electron chi connectivity index (χ4n) is 7.58. The fourth-order valence-corrected chi connectivity index (χ4v) is 7.58. The maximum absolute atomic E-state index is 9.73. The topological polar surface area (TPSA) is 83.5 Å². The first-order valence-electron chi connectivity index (χ1n) is 16.0. The van der Waals surface area contributed by atoms with E-state index in [2.05, 4.69) is 111 Å². The Bertz CT molecular complexity index is 3020. The van der Waals surface area contributed by atoms with E-state index in [1.807, 2.05) is 48.5 Å². The number of nitrogens with zero attached hydrogens (tertiary/aromatic N) is 5. The van der Waals surface area contributed by atoms with Gasteiger partial charge in [0.15, 0.2) is 5.58 Å². The molecule has 0 aliphatic heterocycles. The largest absolute Gasteiger partial charge is 0.454 e. The Morgan fingerprint density at radius 1 is 0.510 bits per heavy atom. The van der Waals surface area contributed by atoms with Crippen LogP contribution in [-0.2, 0) is 0 Å². The Morgan fingerprint density at radius 2 is 1.08 bits per heavy atom. The van der Waals surface area contributed by atoms with Crippen LogP contribution in [0, 0.1) is 22.7 Å². The van der Waals surface area contributed by atoms with Crippen molar-refractivity contribution in [2.45, 2.75) is 0 Å². The summed E-state index contributed by atoms with van der Waals surface area (Å²) in [6.07, 6.45) is 1.81. The van der Waals surface area contributed by atoms with E-state index in [4.69, 9.17) is 4.42 Å². The van der Waals surface area contributed by atoms with Gasteiger partial charge in [-0.05, 0) is 78.9 Å². The number of hydrogen-bond donors (Lipinski definition) is 0. The van der Waals surface area contributed by atoms with Crippen molar-refractivity contribution in [1.29, 1.82) is 10.5 Å². The summed E-state index contributed by atoms with van der Waals surface area (Å²) in [5.41, 5.74) is 11.8. The van der Waals surface area contributed by atoms with Crippen molar-refractivity contribution in [3.8, 4) is 34.6 Å². The molecule has 0 fully saturated rings. The van der Waals surface area contributed by atoms with Gasteiger partial charge in [0.05, 0.1) is 62.1 Å². The molecule has 226 valence electrons. The van der Waals surface area contributed by atoms with Crippen LogP contribution in [-0.4, -0.2) is 14.1 Å². The van der Waals surface area contributed by atoms with Crippen LogP contribution in [0.1, 0.15) is 11.1 Å². The van der Waals surface area contributed by atoms with Crippen molar-refractivity contribution < 1.29 is 4.42 Å². The fraction of sp³-hybridized carbons (Fsp3) is 0. The number of aromatic nitrogens is 3. The lowest BCUT2D eigenvalue weighted by atomic mass is 10.0. The van der Waals surface area contributed by atoms with Gasteiger partial charge in [-0.2, -0.15) is 10.5 Å². The number of furan rings is 1. The molecular weight excluding hydrogens is 603 g/mol.